The Balaban J connectivity index is 1.85. The van der Waals surface area contributed by atoms with Gasteiger partial charge in [0.25, 0.3) is 5.91 Å². The molecule has 2 unspecified atom stereocenters. The average molecular weight is 395 g/mol. The highest BCUT2D eigenvalue weighted by Crippen LogP contribution is 2.33. The number of hydrogen-bond acceptors (Lipinski definition) is 5. The highest BCUT2D eigenvalue weighted by Gasteiger charge is 2.51. The Bertz CT molecular complexity index is 868. The molecule has 144 valence electrons. The minimum Gasteiger partial charge on any atom is -0.372 e. The molecule has 1 aromatic heterocycles. The molecule has 2 atom stereocenters. The lowest BCUT2D eigenvalue weighted by Crippen LogP contribution is -2.42. The molecular weight excluding hydrogens is 376 g/mol. The maximum absolute atomic E-state index is 14.2. The summed E-state index contributed by atoms with van der Waals surface area (Å²) < 4.78 is 33.8. The number of imide groups is 1. The molecule has 1 fully saturated rings. The minimum atomic E-state index is -1.82. The third-order valence-corrected chi connectivity index (χ3v) is 5.45. The van der Waals surface area contributed by atoms with Gasteiger partial charge in [0.2, 0.25) is 0 Å². The van der Waals surface area contributed by atoms with E-state index in [1.54, 1.807) is 5.38 Å². The molecular formula is C18H19F2N3O3S. The van der Waals surface area contributed by atoms with Crippen molar-refractivity contribution >= 4 is 23.3 Å². The maximum Gasteiger partial charge on any atom is 0.325 e. The van der Waals surface area contributed by atoms with Crippen LogP contribution < -0.4 is 5.32 Å². The molecule has 2 heterocycles. The number of benzene rings is 1. The Morgan fingerprint density at radius 3 is 2.63 bits per heavy atom. The maximum atomic E-state index is 14.2. The number of rotatable bonds is 6. The van der Waals surface area contributed by atoms with Crippen molar-refractivity contribution in [3.63, 3.8) is 0 Å². The first-order valence-corrected chi connectivity index (χ1v) is 9.30. The van der Waals surface area contributed by atoms with Crippen molar-refractivity contribution in [3.8, 4) is 0 Å². The molecule has 1 N–H and O–H groups in total. The molecule has 1 aliphatic rings. The normalized spacial score (nSPS) is 20.9. The molecule has 3 amide bonds. The second-order valence-electron chi connectivity index (χ2n) is 6.32. The van der Waals surface area contributed by atoms with Gasteiger partial charge in [0, 0.05) is 12.0 Å². The van der Waals surface area contributed by atoms with Gasteiger partial charge in [-0.05, 0) is 32.9 Å². The molecule has 6 nitrogen and oxygen atoms in total. The first-order chi connectivity index (χ1) is 12.8. The van der Waals surface area contributed by atoms with E-state index in [0.717, 1.165) is 22.0 Å². The first-order valence-electron chi connectivity index (χ1n) is 8.42. The summed E-state index contributed by atoms with van der Waals surface area (Å²) in [4.78, 5) is 30.5. The highest BCUT2D eigenvalue weighted by atomic mass is 32.1. The van der Waals surface area contributed by atoms with Crippen LogP contribution in [0.5, 0.6) is 0 Å². The van der Waals surface area contributed by atoms with E-state index in [1.165, 1.54) is 24.3 Å². The Kier molecular flexibility index (Phi) is 5.25. The van der Waals surface area contributed by atoms with Crippen LogP contribution >= 0.6 is 11.3 Å². The molecule has 0 bridgehead atoms. The third kappa shape index (κ3) is 3.44. The highest BCUT2D eigenvalue weighted by molar-refractivity contribution is 7.09. The van der Waals surface area contributed by atoms with Crippen LogP contribution in [-0.4, -0.2) is 28.4 Å². The molecule has 0 saturated carbocycles. The summed E-state index contributed by atoms with van der Waals surface area (Å²) in [6.45, 7) is 5.47. The number of carbonyl (C=O) groups excluding carboxylic acids is 2. The van der Waals surface area contributed by atoms with Crippen molar-refractivity contribution in [1.29, 1.82) is 0 Å². The Labute approximate surface area is 159 Å². The minimum absolute atomic E-state index is 0.0916. The number of aromatic nitrogens is 1. The van der Waals surface area contributed by atoms with Gasteiger partial charge in [-0.1, -0.05) is 6.07 Å². The van der Waals surface area contributed by atoms with Crippen molar-refractivity contribution < 1.29 is 23.1 Å². The van der Waals surface area contributed by atoms with Crippen LogP contribution in [-0.2, 0) is 21.6 Å². The number of hydrogen-bond donors (Lipinski definition) is 1. The molecule has 0 radical (unpaired) electrons. The van der Waals surface area contributed by atoms with E-state index in [-0.39, 0.29) is 12.6 Å². The van der Waals surface area contributed by atoms with Crippen molar-refractivity contribution in [2.75, 3.05) is 6.61 Å². The van der Waals surface area contributed by atoms with Gasteiger partial charge in [0.15, 0.2) is 0 Å². The van der Waals surface area contributed by atoms with Crippen LogP contribution in [0.25, 0.3) is 0 Å². The van der Waals surface area contributed by atoms with Crippen LogP contribution in [0.1, 0.15) is 43.1 Å². The van der Waals surface area contributed by atoms with Gasteiger partial charge >= 0.3 is 6.03 Å². The fraction of sp³-hybridized carbons (Fsp3) is 0.389. The van der Waals surface area contributed by atoms with Gasteiger partial charge in [-0.15, -0.1) is 11.3 Å². The van der Waals surface area contributed by atoms with Gasteiger partial charge < -0.3 is 10.1 Å². The number of carbonyl (C=O) groups is 2. The lowest BCUT2D eigenvalue weighted by molar-refractivity contribution is -0.131. The van der Waals surface area contributed by atoms with Crippen LogP contribution in [0.2, 0.25) is 0 Å². The molecule has 1 aromatic carbocycles. The van der Waals surface area contributed by atoms with Crippen LogP contribution in [0, 0.1) is 11.6 Å². The predicted molar refractivity (Wildman–Crippen MR) is 94.9 cm³/mol. The zero-order valence-corrected chi connectivity index (χ0v) is 15.9. The summed E-state index contributed by atoms with van der Waals surface area (Å²) in [5, 5.41) is 4.86. The van der Waals surface area contributed by atoms with E-state index in [2.05, 4.69) is 10.3 Å². The fourth-order valence-electron chi connectivity index (χ4n) is 3.05. The number of halogens is 2. The quantitative estimate of drug-likeness (QED) is 0.760. The Hall–Kier alpha value is -2.39. The first kappa shape index (κ1) is 19.4. The van der Waals surface area contributed by atoms with E-state index in [1.807, 2.05) is 13.8 Å². The SMILES string of the molecule is CCOC(C)c1nc(CN2C(=O)NC(C)(c3c(F)cccc3F)C2=O)cs1. The van der Waals surface area contributed by atoms with E-state index in [4.69, 9.17) is 4.74 Å². The Morgan fingerprint density at radius 1 is 1.33 bits per heavy atom. The molecule has 9 heteroatoms. The molecule has 3 rings (SSSR count). The zero-order chi connectivity index (χ0) is 19.8. The molecule has 1 saturated heterocycles. The molecule has 1 aliphatic heterocycles. The lowest BCUT2D eigenvalue weighted by Gasteiger charge is -2.23. The summed E-state index contributed by atoms with van der Waals surface area (Å²) in [6.07, 6.45) is -0.199. The molecule has 0 spiro atoms. The molecule has 2 aromatic rings. The summed E-state index contributed by atoms with van der Waals surface area (Å²) in [7, 11) is 0. The molecule has 0 aliphatic carbocycles. The number of urea groups is 1. The van der Waals surface area contributed by atoms with Crippen molar-refractivity contribution in [3.05, 3.63) is 51.5 Å². The van der Waals surface area contributed by atoms with Crippen LogP contribution in [0.15, 0.2) is 23.6 Å². The van der Waals surface area contributed by atoms with Crippen molar-refractivity contribution in [1.82, 2.24) is 15.2 Å². The van der Waals surface area contributed by atoms with Gasteiger partial charge in [0.05, 0.1) is 17.8 Å². The Morgan fingerprint density at radius 2 is 2.00 bits per heavy atom. The van der Waals surface area contributed by atoms with E-state index in [9.17, 15) is 18.4 Å². The summed E-state index contributed by atoms with van der Waals surface area (Å²) in [5.74, 6) is -2.52. The molecule has 27 heavy (non-hydrogen) atoms. The standard InChI is InChI=1S/C18H19F2N3O3S/c1-4-26-10(2)15-21-11(9-27-15)8-23-16(24)18(3,22-17(23)25)14-12(19)6-5-7-13(14)20/h5-7,9-10H,4,8H2,1-3H3,(H,22,25). The lowest BCUT2D eigenvalue weighted by atomic mass is 9.91. The largest absolute Gasteiger partial charge is 0.372 e. The topological polar surface area (TPSA) is 71.5 Å². The summed E-state index contributed by atoms with van der Waals surface area (Å²) >= 11 is 1.36. The number of nitrogens with zero attached hydrogens (tertiary/aromatic N) is 2. The number of nitrogens with one attached hydrogen (secondary N) is 1. The second kappa shape index (κ2) is 7.32. The third-order valence-electron chi connectivity index (χ3n) is 4.39. The van der Waals surface area contributed by atoms with Gasteiger partial charge in [-0.25, -0.2) is 18.6 Å². The summed E-state index contributed by atoms with van der Waals surface area (Å²) in [5.41, 5.74) is -1.79. The monoisotopic (exact) mass is 395 g/mol. The average Bonchev–Trinajstić information content (AvgIpc) is 3.15. The predicted octanol–water partition coefficient (Wildman–Crippen LogP) is 3.49. The fourth-order valence-corrected chi connectivity index (χ4v) is 3.86. The summed E-state index contributed by atoms with van der Waals surface area (Å²) in [6, 6.07) is 2.58. The smallest absolute Gasteiger partial charge is 0.325 e. The van der Waals surface area contributed by atoms with Crippen molar-refractivity contribution in [2.45, 2.75) is 39.0 Å². The van der Waals surface area contributed by atoms with Gasteiger partial charge in [-0.2, -0.15) is 0 Å². The van der Waals surface area contributed by atoms with E-state index in [0.29, 0.717) is 12.3 Å². The van der Waals surface area contributed by atoms with E-state index >= 15 is 0 Å². The number of thiazole rings is 1. The van der Waals surface area contributed by atoms with Gasteiger partial charge in [-0.3, -0.25) is 9.69 Å². The number of amides is 3. The zero-order valence-electron chi connectivity index (χ0n) is 15.1. The number of ether oxygens (including phenoxy) is 1. The van der Waals surface area contributed by atoms with Crippen LogP contribution in [0.3, 0.4) is 0 Å². The second-order valence-corrected chi connectivity index (χ2v) is 7.21. The van der Waals surface area contributed by atoms with Crippen molar-refractivity contribution in [2.24, 2.45) is 0 Å². The van der Waals surface area contributed by atoms with E-state index < -0.39 is 34.7 Å². The van der Waals surface area contributed by atoms with Gasteiger partial charge in [0.1, 0.15) is 28.3 Å². The van der Waals surface area contributed by atoms with Crippen LogP contribution in [0.4, 0.5) is 13.6 Å².